The molecule has 0 aromatic carbocycles. The molecule has 1 aliphatic carbocycles. The third-order valence-corrected chi connectivity index (χ3v) is 6.25. The Morgan fingerprint density at radius 3 is 2.58 bits per heavy atom. The van der Waals surface area contributed by atoms with Gasteiger partial charge in [0.1, 0.15) is 0 Å². The molecule has 1 fully saturated rings. The molecule has 0 amide bonds. The predicted octanol–water partition coefficient (Wildman–Crippen LogP) is 5.99. The molecule has 3 heterocycles. The van der Waals surface area contributed by atoms with Crippen molar-refractivity contribution in [1.29, 1.82) is 0 Å². The summed E-state index contributed by atoms with van der Waals surface area (Å²) in [5.74, 6) is 0.883. The number of hydrogen-bond donors (Lipinski definition) is 0. The molecule has 8 heteroatoms. The van der Waals surface area contributed by atoms with Gasteiger partial charge in [-0.05, 0) is 57.7 Å². The average Bonchev–Trinajstić information content (AvgIpc) is 3.37. The molecule has 0 atom stereocenters. The number of rotatable bonds is 8. The van der Waals surface area contributed by atoms with Gasteiger partial charge in [-0.2, -0.15) is 13.2 Å². The van der Waals surface area contributed by atoms with Crippen molar-refractivity contribution >= 4 is 22.6 Å². The Morgan fingerprint density at radius 1 is 1.23 bits per heavy atom. The quantitative estimate of drug-likeness (QED) is 0.438. The van der Waals surface area contributed by atoms with Gasteiger partial charge in [-0.1, -0.05) is 25.8 Å². The van der Waals surface area contributed by atoms with Crippen LogP contribution in [0.2, 0.25) is 0 Å². The number of hydrogen-bond acceptors (Lipinski definition) is 3. The van der Waals surface area contributed by atoms with Crippen LogP contribution in [0.4, 0.5) is 13.2 Å². The smallest absolute Gasteiger partial charge is 0.298 e. The molecular formula is C23H30F3N5. The highest BCUT2D eigenvalue weighted by Crippen LogP contribution is 2.37. The highest BCUT2D eigenvalue weighted by atomic mass is 19.4. The van der Waals surface area contributed by atoms with E-state index in [1.165, 1.54) is 0 Å². The first kappa shape index (κ1) is 21.9. The molecule has 0 radical (unpaired) electrons. The lowest BCUT2D eigenvalue weighted by Crippen LogP contribution is -2.27. The Labute approximate surface area is 180 Å². The largest absolute Gasteiger partial charge is 0.435 e. The summed E-state index contributed by atoms with van der Waals surface area (Å²) in [6.07, 6.45) is 1.32. The fraction of sp³-hybridized carbons (Fsp3) is 0.565. The maximum atomic E-state index is 14.1. The number of nitrogens with zero attached hydrogens (tertiary/aromatic N) is 5. The van der Waals surface area contributed by atoms with Crippen LogP contribution in [-0.2, 0) is 12.7 Å². The lowest BCUT2D eigenvalue weighted by Gasteiger charge is -2.21. The lowest BCUT2D eigenvalue weighted by molar-refractivity contribution is -0.141. The minimum absolute atomic E-state index is 0.197. The van der Waals surface area contributed by atoms with E-state index in [1.54, 1.807) is 21.2 Å². The molecule has 0 saturated heterocycles. The Kier molecular flexibility index (Phi) is 5.85. The number of aromatic nitrogens is 4. The summed E-state index contributed by atoms with van der Waals surface area (Å²) in [4.78, 5) is 10.8. The average molecular weight is 434 g/mol. The van der Waals surface area contributed by atoms with Crippen LogP contribution in [0.1, 0.15) is 64.8 Å². The van der Waals surface area contributed by atoms with E-state index in [-0.39, 0.29) is 18.0 Å². The van der Waals surface area contributed by atoms with Crippen LogP contribution in [0.15, 0.2) is 23.9 Å². The molecule has 31 heavy (non-hydrogen) atoms. The first-order valence-corrected chi connectivity index (χ1v) is 11.1. The summed E-state index contributed by atoms with van der Waals surface area (Å²) in [6.45, 7) is 9.79. The normalized spacial score (nSPS) is 16.0. The molecule has 0 aliphatic heterocycles. The van der Waals surface area contributed by atoms with Gasteiger partial charge in [0.2, 0.25) is 5.78 Å². The van der Waals surface area contributed by atoms with E-state index in [1.807, 2.05) is 26.8 Å². The van der Waals surface area contributed by atoms with E-state index in [0.717, 1.165) is 43.5 Å². The maximum absolute atomic E-state index is 14.1. The summed E-state index contributed by atoms with van der Waals surface area (Å²) in [5.41, 5.74) is 2.70. The number of fused-ring (bicyclic) bond motifs is 3. The molecule has 168 valence electrons. The van der Waals surface area contributed by atoms with Crippen LogP contribution >= 0.6 is 0 Å². The second kappa shape index (κ2) is 8.30. The van der Waals surface area contributed by atoms with Gasteiger partial charge >= 0.3 is 6.18 Å². The maximum Gasteiger partial charge on any atom is 0.435 e. The van der Waals surface area contributed by atoms with Crippen molar-refractivity contribution in [2.24, 2.45) is 5.92 Å². The topological polar surface area (TPSA) is 38.4 Å². The van der Waals surface area contributed by atoms with E-state index in [9.17, 15) is 13.2 Å². The minimum atomic E-state index is -4.52. The molecule has 5 nitrogen and oxygen atoms in total. The van der Waals surface area contributed by atoms with Gasteiger partial charge in [0.05, 0.1) is 11.2 Å². The van der Waals surface area contributed by atoms with Gasteiger partial charge in [0, 0.05) is 25.0 Å². The third kappa shape index (κ3) is 4.10. The Balaban J connectivity index is 1.97. The lowest BCUT2D eigenvalue weighted by atomic mass is 10.1. The van der Waals surface area contributed by atoms with E-state index < -0.39 is 11.9 Å². The van der Waals surface area contributed by atoms with Crippen molar-refractivity contribution in [1.82, 2.24) is 23.8 Å². The minimum Gasteiger partial charge on any atom is -0.298 e. The zero-order valence-corrected chi connectivity index (χ0v) is 18.6. The van der Waals surface area contributed by atoms with E-state index in [0.29, 0.717) is 23.6 Å². The zero-order valence-electron chi connectivity index (χ0n) is 18.6. The van der Waals surface area contributed by atoms with Crippen molar-refractivity contribution in [3.8, 4) is 0 Å². The molecule has 1 saturated carbocycles. The first-order chi connectivity index (χ1) is 14.8. The van der Waals surface area contributed by atoms with Gasteiger partial charge in [-0.15, -0.1) is 0 Å². The number of pyridine rings is 1. The van der Waals surface area contributed by atoms with Crippen LogP contribution in [-0.4, -0.2) is 36.9 Å². The standard InChI is InChI=1S/C23H30F3N5/c1-5-8-15(3)16(4)30-21-18(9-7-12-27-21)31-19(14-29(6-2)13-17-10-11-17)20(23(24,25)26)28-22(30)31/h7,9,12,17H,5-6,8,10-11,13-14H2,1-4H3/b16-15-. The highest BCUT2D eigenvalue weighted by molar-refractivity contribution is 5.83. The van der Waals surface area contributed by atoms with E-state index in [2.05, 4.69) is 21.8 Å². The number of alkyl halides is 3. The summed E-state index contributed by atoms with van der Waals surface area (Å²) in [5, 5.41) is 0. The molecule has 0 spiro atoms. The second-order valence-electron chi connectivity index (χ2n) is 8.61. The van der Waals surface area contributed by atoms with Crippen LogP contribution in [0.3, 0.4) is 0 Å². The fourth-order valence-electron chi connectivity index (χ4n) is 4.29. The van der Waals surface area contributed by atoms with Crippen molar-refractivity contribution in [2.75, 3.05) is 13.1 Å². The predicted molar refractivity (Wildman–Crippen MR) is 117 cm³/mol. The summed E-state index contributed by atoms with van der Waals surface area (Å²) in [6, 6.07) is 3.60. The second-order valence-corrected chi connectivity index (χ2v) is 8.61. The SMILES string of the molecule is CCC/C(C)=C(/C)n1c2ncccc2n2c(CN(CC)CC3CC3)c(C(F)(F)F)nc12. The van der Waals surface area contributed by atoms with Crippen LogP contribution in [0.25, 0.3) is 22.6 Å². The first-order valence-electron chi connectivity index (χ1n) is 11.1. The molecule has 0 N–H and O–H groups in total. The highest BCUT2D eigenvalue weighted by Gasteiger charge is 2.40. The van der Waals surface area contributed by atoms with Gasteiger partial charge in [-0.25, -0.2) is 9.97 Å². The zero-order chi connectivity index (χ0) is 22.3. The Hall–Kier alpha value is -2.35. The fourth-order valence-corrected chi connectivity index (χ4v) is 4.29. The summed E-state index contributed by atoms with van der Waals surface area (Å²) < 4.78 is 45.7. The summed E-state index contributed by atoms with van der Waals surface area (Å²) >= 11 is 0. The monoisotopic (exact) mass is 433 g/mol. The number of imidazole rings is 2. The molecule has 0 unspecified atom stereocenters. The molecule has 1 aliphatic rings. The van der Waals surface area contributed by atoms with Crippen LogP contribution < -0.4 is 0 Å². The Bertz CT molecular complexity index is 1120. The number of halogens is 3. The molecule has 0 bridgehead atoms. The molecule has 3 aromatic rings. The molecule has 4 rings (SSSR count). The van der Waals surface area contributed by atoms with Crippen molar-refractivity contribution in [3.05, 3.63) is 35.3 Å². The van der Waals surface area contributed by atoms with Gasteiger partial charge < -0.3 is 0 Å². The van der Waals surface area contributed by atoms with Gasteiger partial charge in [0.25, 0.3) is 0 Å². The van der Waals surface area contributed by atoms with Crippen molar-refractivity contribution < 1.29 is 13.2 Å². The third-order valence-electron chi connectivity index (χ3n) is 6.25. The van der Waals surface area contributed by atoms with Crippen LogP contribution in [0.5, 0.6) is 0 Å². The van der Waals surface area contributed by atoms with Crippen LogP contribution in [0, 0.1) is 5.92 Å². The van der Waals surface area contributed by atoms with Gasteiger partial charge in [0.15, 0.2) is 11.3 Å². The molecule has 3 aromatic heterocycles. The van der Waals surface area contributed by atoms with Crippen molar-refractivity contribution in [3.63, 3.8) is 0 Å². The van der Waals surface area contributed by atoms with E-state index in [4.69, 9.17) is 0 Å². The Morgan fingerprint density at radius 2 is 1.97 bits per heavy atom. The van der Waals surface area contributed by atoms with Crippen molar-refractivity contribution in [2.45, 2.75) is 66.1 Å². The number of allylic oxidation sites excluding steroid dienone is 2. The van der Waals surface area contributed by atoms with E-state index >= 15 is 0 Å². The summed E-state index contributed by atoms with van der Waals surface area (Å²) in [7, 11) is 0. The molecular weight excluding hydrogens is 403 g/mol. The van der Waals surface area contributed by atoms with Gasteiger partial charge in [-0.3, -0.25) is 13.9 Å².